The molecule has 0 radical (unpaired) electrons. The Morgan fingerprint density at radius 2 is 1.94 bits per heavy atom. The lowest BCUT2D eigenvalue weighted by atomic mass is 9.98. The highest BCUT2D eigenvalue weighted by atomic mass is 19.1. The van der Waals surface area contributed by atoms with Crippen molar-refractivity contribution in [1.29, 1.82) is 0 Å². The van der Waals surface area contributed by atoms with E-state index in [4.69, 9.17) is 4.74 Å². The van der Waals surface area contributed by atoms with E-state index in [0.717, 1.165) is 36.1 Å². The van der Waals surface area contributed by atoms with Crippen LogP contribution in [0.15, 0.2) is 30.3 Å². The van der Waals surface area contributed by atoms with Crippen LogP contribution in [0.1, 0.15) is 28.8 Å². The van der Waals surface area contributed by atoms with Crippen molar-refractivity contribution in [2.75, 3.05) is 27.2 Å². The first-order valence-electron chi connectivity index (χ1n) is 10.8. The molecule has 1 fully saturated rings. The standard InChI is InChI=1S/C24H26F2N4O3/c1-14-6-7-20-19(9-14)28-22(21-17(25)10-16(11-18(21)26)23(31)27-2)30(20)13-15-5-4-8-29(12-15)24(32)33-3/h6-7,9-11,15H,4-5,8,12-13H2,1-3H3,(H,27,31). The SMILES string of the molecule is CNC(=O)c1cc(F)c(-c2nc3cc(C)ccc3n2CC2CCCN(C(=O)OC)C2)c(F)c1. The lowest BCUT2D eigenvalue weighted by Gasteiger charge is -2.32. The average Bonchev–Trinajstić information content (AvgIpc) is 3.14. The number of carbonyl (C=O) groups is 2. The molecular weight excluding hydrogens is 430 g/mol. The second-order valence-electron chi connectivity index (χ2n) is 8.36. The first-order chi connectivity index (χ1) is 15.8. The quantitative estimate of drug-likeness (QED) is 0.641. The van der Waals surface area contributed by atoms with Crippen LogP contribution in [0.2, 0.25) is 0 Å². The molecule has 1 aliphatic heterocycles. The number of imidazole rings is 1. The normalized spacial score (nSPS) is 16.2. The second-order valence-corrected chi connectivity index (χ2v) is 8.36. The summed E-state index contributed by atoms with van der Waals surface area (Å²) in [6.07, 6.45) is 1.29. The monoisotopic (exact) mass is 456 g/mol. The van der Waals surface area contributed by atoms with Gasteiger partial charge in [-0.3, -0.25) is 4.79 Å². The predicted octanol–water partition coefficient (Wildman–Crippen LogP) is 4.13. The number of methoxy groups -OCH3 is 1. The van der Waals surface area contributed by atoms with E-state index in [9.17, 15) is 9.59 Å². The first kappa shape index (κ1) is 22.7. The number of likely N-dealkylation sites (tertiary alicyclic amines) is 1. The minimum Gasteiger partial charge on any atom is -0.453 e. The summed E-state index contributed by atoms with van der Waals surface area (Å²) in [7, 11) is 2.75. The molecule has 0 aliphatic carbocycles. The third-order valence-electron chi connectivity index (χ3n) is 6.05. The van der Waals surface area contributed by atoms with Crippen LogP contribution in [0.4, 0.5) is 13.6 Å². The third kappa shape index (κ3) is 4.40. The zero-order valence-corrected chi connectivity index (χ0v) is 18.8. The number of benzene rings is 2. The summed E-state index contributed by atoms with van der Waals surface area (Å²) in [6.45, 7) is 3.45. The number of hydrogen-bond acceptors (Lipinski definition) is 4. The molecule has 33 heavy (non-hydrogen) atoms. The summed E-state index contributed by atoms with van der Waals surface area (Å²) >= 11 is 0. The number of rotatable bonds is 4. The first-order valence-corrected chi connectivity index (χ1v) is 10.8. The van der Waals surface area contributed by atoms with Crippen molar-refractivity contribution in [3.05, 3.63) is 53.1 Å². The number of aryl methyl sites for hydroxylation is 1. The molecule has 7 nitrogen and oxygen atoms in total. The van der Waals surface area contributed by atoms with Gasteiger partial charge in [0.15, 0.2) is 0 Å². The topological polar surface area (TPSA) is 76.5 Å². The van der Waals surface area contributed by atoms with Gasteiger partial charge in [0.2, 0.25) is 0 Å². The molecule has 3 aromatic rings. The van der Waals surface area contributed by atoms with Gasteiger partial charge in [-0.25, -0.2) is 18.6 Å². The van der Waals surface area contributed by atoms with Crippen molar-refractivity contribution in [1.82, 2.24) is 19.8 Å². The van der Waals surface area contributed by atoms with Crippen LogP contribution in [0, 0.1) is 24.5 Å². The molecule has 1 aromatic heterocycles. The number of ether oxygens (including phenoxy) is 1. The lowest BCUT2D eigenvalue weighted by Crippen LogP contribution is -2.41. The number of fused-ring (bicyclic) bond motifs is 1. The van der Waals surface area contributed by atoms with Gasteiger partial charge in [-0.1, -0.05) is 6.07 Å². The Morgan fingerprint density at radius 1 is 1.21 bits per heavy atom. The number of carbonyl (C=O) groups excluding carboxylic acids is 2. The van der Waals surface area contributed by atoms with Gasteiger partial charge in [0, 0.05) is 32.2 Å². The molecule has 1 unspecified atom stereocenters. The van der Waals surface area contributed by atoms with Crippen molar-refractivity contribution in [3.8, 4) is 11.4 Å². The van der Waals surface area contributed by atoms with Gasteiger partial charge in [0.1, 0.15) is 17.5 Å². The van der Waals surface area contributed by atoms with E-state index < -0.39 is 17.5 Å². The number of nitrogens with one attached hydrogen (secondary N) is 1. The van der Waals surface area contributed by atoms with Gasteiger partial charge < -0.3 is 19.5 Å². The maximum atomic E-state index is 15.1. The Morgan fingerprint density at radius 3 is 2.61 bits per heavy atom. The molecule has 174 valence electrons. The molecule has 9 heteroatoms. The van der Waals surface area contributed by atoms with Crippen molar-refractivity contribution < 1.29 is 23.1 Å². The second kappa shape index (κ2) is 9.17. The largest absolute Gasteiger partial charge is 0.453 e. The highest BCUT2D eigenvalue weighted by Gasteiger charge is 2.28. The van der Waals surface area contributed by atoms with Crippen LogP contribution in [0.25, 0.3) is 22.4 Å². The third-order valence-corrected chi connectivity index (χ3v) is 6.05. The molecule has 0 bridgehead atoms. The number of aromatic nitrogens is 2. The summed E-state index contributed by atoms with van der Waals surface area (Å²) in [6, 6.07) is 7.72. The number of amides is 2. The Kier molecular flexibility index (Phi) is 6.31. The summed E-state index contributed by atoms with van der Waals surface area (Å²) in [5.74, 6) is -2.08. The maximum absolute atomic E-state index is 15.1. The molecule has 0 saturated carbocycles. The number of piperidine rings is 1. The van der Waals surface area contributed by atoms with Gasteiger partial charge in [-0.15, -0.1) is 0 Å². The zero-order chi connectivity index (χ0) is 23.7. The van der Waals surface area contributed by atoms with Crippen LogP contribution in [-0.4, -0.2) is 53.7 Å². The zero-order valence-electron chi connectivity index (χ0n) is 18.8. The summed E-state index contributed by atoms with van der Waals surface area (Å²) in [5, 5.41) is 2.37. The van der Waals surface area contributed by atoms with Gasteiger partial charge in [-0.05, 0) is 55.5 Å². The minimum absolute atomic E-state index is 0.0616. The van der Waals surface area contributed by atoms with Crippen LogP contribution in [0.5, 0.6) is 0 Å². The van der Waals surface area contributed by atoms with Crippen molar-refractivity contribution in [2.24, 2.45) is 5.92 Å². The van der Waals surface area contributed by atoms with E-state index in [2.05, 4.69) is 10.3 Å². The number of nitrogens with zero attached hydrogens (tertiary/aromatic N) is 3. The van der Waals surface area contributed by atoms with Crippen molar-refractivity contribution >= 4 is 23.0 Å². The van der Waals surface area contributed by atoms with Crippen LogP contribution in [0.3, 0.4) is 0 Å². The van der Waals surface area contributed by atoms with Gasteiger partial charge >= 0.3 is 6.09 Å². The van der Waals surface area contributed by atoms with E-state index in [1.54, 1.807) is 9.47 Å². The van der Waals surface area contributed by atoms with E-state index >= 15 is 8.78 Å². The molecule has 1 atom stereocenters. The molecule has 1 saturated heterocycles. The van der Waals surface area contributed by atoms with Gasteiger partial charge in [0.05, 0.1) is 23.7 Å². The van der Waals surface area contributed by atoms with Crippen LogP contribution >= 0.6 is 0 Å². The Bertz CT molecular complexity index is 1200. The molecule has 0 spiro atoms. The molecule has 4 rings (SSSR count). The fraction of sp³-hybridized carbons (Fsp3) is 0.375. The molecule has 2 amide bonds. The number of halogens is 2. The fourth-order valence-electron chi connectivity index (χ4n) is 4.44. The van der Waals surface area contributed by atoms with E-state index in [1.165, 1.54) is 14.2 Å². The van der Waals surface area contributed by atoms with Crippen molar-refractivity contribution in [2.45, 2.75) is 26.3 Å². The minimum atomic E-state index is -0.860. The lowest BCUT2D eigenvalue weighted by molar-refractivity contribution is 0.0960. The Hall–Kier alpha value is -3.49. The number of hydrogen-bond donors (Lipinski definition) is 1. The maximum Gasteiger partial charge on any atom is 0.409 e. The summed E-state index contributed by atoms with van der Waals surface area (Å²) in [4.78, 5) is 30.1. The Labute approximate surface area is 190 Å². The predicted molar refractivity (Wildman–Crippen MR) is 120 cm³/mol. The van der Waals surface area contributed by atoms with E-state index in [-0.39, 0.29) is 29.0 Å². The fourth-order valence-corrected chi connectivity index (χ4v) is 4.44. The molecule has 2 heterocycles. The summed E-state index contributed by atoms with van der Waals surface area (Å²) < 4.78 is 36.9. The smallest absolute Gasteiger partial charge is 0.409 e. The highest BCUT2D eigenvalue weighted by Crippen LogP contribution is 2.32. The van der Waals surface area contributed by atoms with Crippen LogP contribution in [-0.2, 0) is 11.3 Å². The molecule has 1 N–H and O–H groups in total. The van der Waals surface area contributed by atoms with E-state index in [1.807, 2.05) is 25.1 Å². The summed E-state index contributed by atoms with van der Waals surface area (Å²) in [5.41, 5.74) is 1.97. The average molecular weight is 456 g/mol. The molecule has 2 aromatic carbocycles. The Balaban J connectivity index is 1.79. The van der Waals surface area contributed by atoms with Gasteiger partial charge in [0.25, 0.3) is 5.91 Å². The highest BCUT2D eigenvalue weighted by molar-refractivity contribution is 5.94. The van der Waals surface area contributed by atoms with Crippen molar-refractivity contribution in [3.63, 3.8) is 0 Å². The van der Waals surface area contributed by atoms with Gasteiger partial charge in [-0.2, -0.15) is 0 Å². The molecular formula is C24H26F2N4O3. The van der Waals surface area contributed by atoms with Crippen LogP contribution < -0.4 is 5.32 Å². The van der Waals surface area contributed by atoms with E-state index in [0.29, 0.717) is 25.2 Å². The molecule has 1 aliphatic rings.